The molecule has 10 nitrogen and oxygen atoms in total. The van der Waals surface area contributed by atoms with Crippen LogP contribution in [0.3, 0.4) is 0 Å². The molecule has 0 spiro atoms. The van der Waals surface area contributed by atoms with Crippen molar-refractivity contribution in [1.29, 1.82) is 0 Å². The Hall–Kier alpha value is -3.41. The molecular weight excluding hydrogens is 512 g/mol. The van der Waals surface area contributed by atoms with Crippen LogP contribution in [0.15, 0.2) is 50.5 Å². The lowest BCUT2D eigenvalue weighted by Gasteiger charge is -2.21. The van der Waals surface area contributed by atoms with E-state index >= 15 is 0 Å². The molecule has 1 unspecified atom stereocenters. The van der Waals surface area contributed by atoms with Gasteiger partial charge in [0.1, 0.15) is 11.6 Å². The molecule has 1 N–H and O–H groups in total. The molecular formula is C24H25ClN2O8S. The zero-order valence-electron chi connectivity index (χ0n) is 20.2. The number of halogens is 1. The number of aryl methyl sites for hydroxylation is 1. The van der Waals surface area contributed by atoms with Crippen molar-refractivity contribution in [2.24, 2.45) is 0 Å². The number of likely N-dealkylation sites (N-methyl/N-ethyl adjacent to an activating group) is 1. The second kappa shape index (κ2) is 10.3. The Balaban J connectivity index is 2.00. The summed E-state index contributed by atoms with van der Waals surface area (Å²) in [5.41, 5.74) is 0.895. The van der Waals surface area contributed by atoms with Crippen molar-refractivity contribution in [1.82, 2.24) is 9.21 Å². The highest BCUT2D eigenvalue weighted by molar-refractivity contribution is 7.89. The van der Waals surface area contributed by atoms with Gasteiger partial charge in [0.05, 0.1) is 9.92 Å². The van der Waals surface area contributed by atoms with Crippen molar-refractivity contribution in [2.75, 3.05) is 21.1 Å². The molecule has 0 saturated heterocycles. The maximum atomic E-state index is 12.9. The normalized spacial score (nSPS) is 12.5. The number of carbonyl (C=O) groups is 2. The highest BCUT2D eigenvalue weighted by atomic mass is 35.5. The van der Waals surface area contributed by atoms with Gasteiger partial charge in [-0.15, -0.1) is 0 Å². The average Bonchev–Trinajstić information content (AvgIpc) is 2.82. The lowest BCUT2D eigenvalue weighted by molar-refractivity contribution is -0.140. The molecule has 0 aliphatic carbocycles. The minimum atomic E-state index is -4.09. The van der Waals surface area contributed by atoms with Gasteiger partial charge in [0.25, 0.3) is 0 Å². The third kappa shape index (κ3) is 5.38. The van der Waals surface area contributed by atoms with E-state index in [9.17, 15) is 27.9 Å². The van der Waals surface area contributed by atoms with Crippen molar-refractivity contribution in [2.45, 2.75) is 31.2 Å². The summed E-state index contributed by atoms with van der Waals surface area (Å²) in [6.45, 7) is 2.98. The Labute approximate surface area is 212 Å². The third-order valence-corrected chi connectivity index (χ3v) is 7.98. The van der Waals surface area contributed by atoms with Crippen LogP contribution < -0.4 is 10.4 Å². The molecule has 3 rings (SSSR count). The number of amides is 1. The summed E-state index contributed by atoms with van der Waals surface area (Å²) >= 11 is 6.30. The molecule has 0 bridgehead atoms. The third-order valence-electron chi connectivity index (χ3n) is 5.76. The average molecular weight is 537 g/mol. The first-order chi connectivity index (χ1) is 16.7. The van der Waals surface area contributed by atoms with Crippen LogP contribution in [0.2, 0.25) is 5.02 Å². The van der Waals surface area contributed by atoms with Crippen molar-refractivity contribution < 1.29 is 32.3 Å². The summed E-state index contributed by atoms with van der Waals surface area (Å²) in [7, 11) is 0.126. The molecule has 1 aromatic heterocycles. The van der Waals surface area contributed by atoms with Gasteiger partial charge in [0, 0.05) is 44.6 Å². The van der Waals surface area contributed by atoms with E-state index in [0.29, 0.717) is 22.1 Å². The fourth-order valence-corrected chi connectivity index (χ4v) is 5.00. The van der Waals surface area contributed by atoms with Crippen molar-refractivity contribution in [3.05, 3.63) is 68.5 Å². The van der Waals surface area contributed by atoms with E-state index in [1.165, 1.54) is 63.3 Å². The maximum Gasteiger partial charge on any atom is 0.414 e. The number of hydrogen-bond donors (Lipinski definition) is 1. The standard InChI is InChI=1S/C24H25ClN2O8S/c1-13-17-11-19(25)21(35-24(31)26(3)4)12-20(17)34-23(30)18(13)10-15-7-6-8-16(9-15)36(32,33)27(5)14(2)22(28)29/h6-9,11-12,14H,10H2,1-5H3,(H,28,29). The first-order valence-electron chi connectivity index (χ1n) is 10.7. The van der Waals surface area contributed by atoms with Crippen LogP contribution in [0.25, 0.3) is 11.0 Å². The van der Waals surface area contributed by atoms with Gasteiger partial charge in [-0.05, 0) is 43.2 Å². The molecule has 1 amide bonds. The van der Waals surface area contributed by atoms with Crippen LogP contribution in [-0.4, -0.2) is 62.0 Å². The lowest BCUT2D eigenvalue weighted by atomic mass is 9.99. The van der Waals surface area contributed by atoms with Crippen LogP contribution in [0.4, 0.5) is 4.79 Å². The molecule has 2 aromatic carbocycles. The Bertz CT molecular complexity index is 1510. The Morgan fingerprint density at radius 2 is 1.83 bits per heavy atom. The second-order valence-corrected chi connectivity index (χ2v) is 10.8. The predicted molar refractivity (Wildman–Crippen MR) is 133 cm³/mol. The van der Waals surface area contributed by atoms with E-state index in [2.05, 4.69) is 0 Å². The Kier molecular flexibility index (Phi) is 7.77. The molecule has 192 valence electrons. The summed E-state index contributed by atoms with van der Waals surface area (Å²) in [5.74, 6) is -1.24. The van der Waals surface area contributed by atoms with Gasteiger partial charge in [0.2, 0.25) is 10.0 Å². The van der Waals surface area contributed by atoms with Gasteiger partial charge in [0.15, 0.2) is 5.75 Å². The minimum Gasteiger partial charge on any atom is -0.480 e. The van der Waals surface area contributed by atoms with E-state index in [1.54, 1.807) is 13.0 Å². The van der Waals surface area contributed by atoms with Crippen LogP contribution in [-0.2, 0) is 21.2 Å². The number of carboxylic acids is 1. The van der Waals surface area contributed by atoms with Gasteiger partial charge >= 0.3 is 17.7 Å². The summed E-state index contributed by atoms with van der Waals surface area (Å²) < 4.78 is 37.3. The number of benzene rings is 2. The van der Waals surface area contributed by atoms with Gasteiger partial charge in [-0.1, -0.05) is 23.7 Å². The van der Waals surface area contributed by atoms with Gasteiger partial charge < -0.3 is 19.2 Å². The van der Waals surface area contributed by atoms with Gasteiger partial charge in [-0.3, -0.25) is 4.79 Å². The smallest absolute Gasteiger partial charge is 0.414 e. The van der Waals surface area contributed by atoms with Crippen LogP contribution in [0.1, 0.15) is 23.6 Å². The van der Waals surface area contributed by atoms with Crippen molar-refractivity contribution >= 4 is 44.7 Å². The Morgan fingerprint density at radius 3 is 2.44 bits per heavy atom. The number of carboxylic acid groups (broad SMARTS) is 1. The lowest BCUT2D eigenvalue weighted by Crippen LogP contribution is -2.40. The van der Waals surface area contributed by atoms with E-state index in [0.717, 1.165) is 4.31 Å². The topological polar surface area (TPSA) is 134 Å². The van der Waals surface area contributed by atoms with E-state index in [4.69, 9.17) is 20.8 Å². The summed E-state index contributed by atoms with van der Waals surface area (Å²) in [4.78, 5) is 37.1. The molecule has 1 atom stereocenters. The number of sulfonamides is 1. The largest absolute Gasteiger partial charge is 0.480 e. The molecule has 0 radical (unpaired) electrons. The predicted octanol–water partition coefficient (Wildman–Crippen LogP) is 3.50. The quantitative estimate of drug-likeness (QED) is 0.453. The fraction of sp³-hybridized carbons (Fsp3) is 0.292. The zero-order chi connectivity index (χ0) is 26.9. The number of rotatable bonds is 7. The first-order valence-corrected chi connectivity index (χ1v) is 12.5. The van der Waals surface area contributed by atoms with Crippen molar-refractivity contribution in [3.8, 4) is 5.75 Å². The SMILES string of the molecule is Cc1c(Cc2cccc(S(=O)(=O)N(C)C(C)C(=O)O)c2)c(=O)oc2cc(OC(=O)N(C)C)c(Cl)cc12. The molecule has 36 heavy (non-hydrogen) atoms. The highest BCUT2D eigenvalue weighted by Gasteiger charge is 2.29. The number of carbonyl (C=O) groups excluding carboxylic acids is 1. The molecule has 0 fully saturated rings. The van der Waals surface area contributed by atoms with E-state index in [1.807, 2.05) is 0 Å². The second-order valence-electron chi connectivity index (χ2n) is 8.39. The highest BCUT2D eigenvalue weighted by Crippen LogP contribution is 2.32. The van der Waals surface area contributed by atoms with E-state index < -0.39 is 33.8 Å². The number of fused-ring (bicyclic) bond motifs is 1. The first kappa shape index (κ1) is 27.2. The van der Waals surface area contributed by atoms with Gasteiger partial charge in [-0.25, -0.2) is 18.0 Å². The number of ether oxygens (including phenoxy) is 1. The molecule has 1 heterocycles. The fourth-order valence-electron chi connectivity index (χ4n) is 3.41. The van der Waals surface area contributed by atoms with Crippen molar-refractivity contribution in [3.63, 3.8) is 0 Å². The van der Waals surface area contributed by atoms with Crippen LogP contribution in [0, 0.1) is 6.92 Å². The summed E-state index contributed by atoms with van der Waals surface area (Å²) in [6, 6.07) is 7.54. The molecule has 0 aliphatic rings. The molecule has 0 saturated carbocycles. The molecule has 3 aromatic rings. The number of aliphatic carboxylic acids is 1. The zero-order valence-corrected chi connectivity index (χ0v) is 21.8. The van der Waals surface area contributed by atoms with Gasteiger partial charge in [-0.2, -0.15) is 4.31 Å². The van der Waals surface area contributed by atoms with Crippen LogP contribution >= 0.6 is 11.6 Å². The summed E-state index contributed by atoms with van der Waals surface area (Å²) in [5, 5.41) is 9.85. The monoisotopic (exact) mass is 536 g/mol. The number of hydrogen-bond acceptors (Lipinski definition) is 7. The molecule has 12 heteroatoms. The summed E-state index contributed by atoms with van der Waals surface area (Å²) in [6.07, 6.45) is -0.592. The maximum absolute atomic E-state index is 12.9. The van der Waals surface area contributed by atoms with Crippen LogP contribution in [0.5, 0.6) is 5.75 Å². The van der Waals surface area contributed by atoms with E-state index in [-0.39, 0.29) is 27.7 Å². The number of nitrogens with zero attached hydrogens (tertiary/aromatic N) is 2. The molecule has 0 aliphatic heterocycles. The minimum absolute atomic E-state index is 0.0378. The Morgan fingerprint density at radius 1 is 1.17 bits per heavy atom.